The fourth-order valence-electron chi connectivity index (χ4n) is 2.64. The van der Waals surface area contributed by atoms with Crippen LogP contribution in [0.2, 0.25) is 0 Å². The average Bonchev–Trinajstić information content (AvgIpc) is 2.78. The maximum Gasteiger partial charge on any atom is 0.494 e. The highest BCUT2D eigenvalue weighted by molar-refractivity contribution is 7.93. The van der Waals surface area contributed by atoms with Gasteiger partial charge in [-0.15, -0.1) is 0 Å². The lowest BCUT2D eigenvalue weighted by Gasteiger charge is -2.32. The van der Waals surface area contributed by atoms with Crippen molar-refractivity contribution in [3.8, 4) is 0 Å². The maximum atomic E-state index is 14.6. The van der Waals surface area contributed by atoms with Crippen LogP contribution in [-0.4, -0.2) is 28.8 Å². The van der Waals surface area contributed by atoms with E-state index in [1.807, 2.05) is 33.8 Å². The Hall–Kier alpha value is -1.70. The fourth-order valence-corrected chi connectivity index (χ4v) is 3.93. The maximum absolute atomic E-state index is 14.6. The normalized spacial score (nSPS) is 20.6. The lowest BCUT2D eigenvalue weighted by molar-refractivity contribution is 0.00578. The van der Waals surface area contributed by atoms with Gasteiger partial charge in [-0.25, -0.2) is 8.60 Å². The van der Waals surface area contributed by atoms with Crippen molar-refractivity contribution in [3.05, 3.63) is 54.3 Å². The summed E-state index contributed by atoms with van der Waals surface area (Å²) in [5, 5.41) is 0. The van der Waals surface area contributed by atoms with Crippen molar-refractivity contribution >= 4 is 28.0 Å². The quantitative estimate of drug-likeness (QED) is 0.765. The highest BCUT2D eigenvalue weighted by atomic mass is 32.2. The second-order valence-corrected chi connectivity index (χ2v) is 9.76. The molecule has 0 amide bonds. The van der Waals surface area contributed by atoms with Crippen LogP contribution in [0.3, 0.4) is 0 Å². The summed E-state index contributed by atoms with van der Waals surface area (Å²) in [5.74, 6) is -0.553. The number of halogens is 1. The summed E-state index contributed by atoms with van der Waals surface area (Å²) in [5.41, 5.74) is -0.367. The van der Waals surface area contributed by atoms with Crippen LogP contribution in [0.1, 0.15) is 27.7 Å². The molecule has 0 aromatic heterocycles. The topological polar surface area (TPSA) is 47.9 Å². The molecule has 4 nitrogen and oxygen atoms in total. The molecule has 26 heavy (non-hydrogen) atoms. The van der Waals surface area contributed by atoms with Gasteiger partial charge < -0.3 is 9.31 Å². The Balaban J connectivity index is 1.92. The van der Waals surface area contributed by atoms with E-state index in [1.54, 1.807) is 30.3 Å². The molecule has 138 valence electrons. The third-order valence-electron chi connectivity index (χ3n) is 4.95. The van der Waals surface area contributed by atoms with E-state index >= 15 is 0 Å². The molecule has 1 fully saturated rings. The molecule has 0 N–H and O–H groups in total. The SMILES string of the molecule is CC1(C)OB(c2ccc(N=S(C)(=O)c3ccccc3)c(F)c2)OC1(C)C. The molecule has 0 aliphatic carbocycles. The minimum absolute atomic E-state index is 0.0571. The smallest absolute Gasteiger partial charge is 0.399 e. The average molecular weight is 375 g/mol. The molecule has 0 radical (unpaired) electrons. The lowest BCUT2D eigenvalue weighted by atomic mass is 9.79. The Morgan fingerprint density at radius 2 is 1.58 bits per heavy atom. The first-order valence-corrected chi connectivity index (χ1v) is 10.4. The second kappa shape index (κ2) is 6.48. The molecule has 2 aromatic rings. The van der Waals surface area contributed by atoms with Gasteiger partial charge in [0.2, 0.25) is 0 Å². The van der Waals surface area contributed by atoms with Gasteiger partial charge in [0, 0.05) is 11.2 Å². The Morgan fingerprint density at radius 1 is 1.00 bits per heavy atom. The molecule has 0 spiro atoms. The molecule has 0 bridgehead atoms. The van der Waals surface area contributed by atoms with Gasteiger partial charge in [0.15, 0.2) is 0 Å². The zero-order valence-corrected chi connectivity index (χ0v) is 16.5. The van der Waals surface area contributed by atoms with Gasteiger partial charge in [-0.3, -0.25) is 0 Å². The Morgan fingerprint density at radius 3 is 2.12 bits per heavy atom. The van der Waals surface area contributed by atoms with Gasteiger partial charge in [-0.05, 0) is 57.4 Å². The van der Waals surface area contributed by atoms with Gasteiger partial charge in [0.25, 0.3) is 0 Å². The molecule has 1 atom stereocenters. The molecular weight excluding hydrogens is 352 g/mol. The van der Waals surface area contributed by atoms with E-state index in [2.05, 4.69) is 4.36 Å². The molecule has 1 heterocycles. The Bertz CT molecular complexity index is 921. The lowest BCUT2D eigenvalue weighted by Crippen LogP contribution is -2.41. The van der Waals surface area contributed by atoms with Crippen LogP contribution < -0.4 is 5.46 Å². The third kappa shape index (κ3) is 3.56. The summed E-state index contributed by atoms with van der Waals surface area (Å²) < 4.78 is 43.5. The third-order valence-corrected chi connectivity index (χ3v) is 6.64. The largest absolute Gasteiger partial charge is 0.494 e. The van der Waals surface area contributed by atoms with E-state index < -0.39 is 33.9 Å². The zero-order chi connectivity index (χ0) is 19.2. The van der Waals surface area contributed by atoms with Gasteiger partial charge in [-0.2, -0.15) is 4.36 Å². The molecule has 3 rings (SSSR count). The molecule has 7 heteroatoms. The van der Waals surface area contributed by atoms with Crippen LogP contribution in [0.5, 0.6) is 0 Å². The predicted octanol–water partition coefficient (Wildman–Crippen LogP) is 3.91. The fraction of sp³-hybridized carbons (Fsp3) is 0.368. The Kier molecular flexibility index (Phi) is 4.75. The number of benzene rings is 2. The number of nitrogens with zero attached hydrogens (tertiary/aromatic N) is 1. The van der Waals surface area contributed by atoms with Crippen molar-refractivity contribution < 1.29 is 17.9 Å². The number of hydrogen-bond acceptors (Lipinski definition) is 4. The summed E-state index contributed by atoms with van der Waals surface area (Å²) in [6, 6.07) is 13.4. The molecule has 2 aromatic carbocycles. The van der Waals surface area contributed by atoms with Gasteiger partial charge >= 0.3 is 7.12 Å². The van der Waals surface area contributed by atoms with E-state index in [9.17, 15) is 8.60 Å². The highest BCUT2D eigenvalue weighted by Crippen LogP contribution is 2.36. The highest BCUT2D eigenvalue weighted by Gasteiger charge is 2.51. The summed E-state index contributed by atoms with van der Waals surface area (Å²) in [6.07, 6.45) is 1.50. The molecule has 1 saturated heterocycles. The first-order chi connectivity index (χ1) is 12.0. The van der Waals surface area contributed by atoms with Crippen LogP contribution >= 0.6 is 0 Å². The number of rotatable bonds is 3. The standard InChI is InChI=1S/C19H23BFNO3S/c1-18(2)19(3,4)25-20(24-18)14-11-12-17(16(21)13-14)22-26(5,23)15-9-7-6-8-10-15/h6-13H,1-5H3. The van der Waals surface area contributed by atoms with E-state index in [0.717, 1.165) is 0 Å². The molecular formula is C19H23BFNO3S. The van der Waals surface area contributed by atoms with Crippen LogP contribution in [0, 0.1) is 5.82 Å². The molecule has 0 saturated carbocycles. The van der Waals surface area contributed by atoms with Crippen LogP contribution in [0.15, 0.2) is 57.8 Å². The first kappa shape index (κ1) is 19.1. The predicted molar refractivity (Wildman–Crippen MR) is 103 cm³/mol. The van der Waals surface area contributed by atoms with E-state index in [0.29, 0.717) is 10.4 Å². The molecule has 1 aliphatic rings. The van der Waals surface area contributed by atoms with Crippen LogP contribution in [-0.2, 0) is 19.0 Å². The van der Waals surface area contributed by atoms with Gasteiger partial charge in [-0.1, -0.05) is 24.3 Å². The minimum Gasteiger partial charge on any atom is -0.399 e. The van der Waals surface area contributed by atoms with Crippen molar-refractivity contribution in [1.29, 1.82) is 0 Å². The van der Waals surface area contributed by atoms with Crippen molar-refractivity contribution in [1.82, 2.24) is 0 Å². The van der Waals surface area contributed by atoms with E-state index in [1.165, 1.54) is 18.4 Å². The van der Waals surface area contributed by atoms with Crippen LogP contribution in [0.4, 0.5) is 10.1 Å². The summed E-state index contributed by atoms with van der Waals surface area (Å²) in [6.45, 7) is 7.77. The minimum atomic E-state index is -2.73. The van der Waals surface area contributed by atoms with Crippen LogP contribution in [0.25, 0.3) is 0 Å². The van der Waals surface area contributed by atoms with Gasteiger partial charge in [0.1, 0.15) is 11.5 Å². The summed E-state index contributed by atoms with van der Waals surface area (Å²) >= 11 is 0. The van der Waals surface area contributed by atoms with Crippen molar-refractivity contribution in [2.24, 2.45) is 4.36 Å². The van der Waals surface area contributed by atoms with E-state index in [-0.39, 0.29) is 5.69 Å². The monoisotopic (exact) mass is 375 g/mol. The van der Waals surface area contributed by atoms with Crippen molar-refractivity contribution in [3.63, 3.8) is 0 Å². The summed E-state index contributed by atoms with van der Waals surface area (Å²) in [4.78, 5) is 0.564. The van der Waals surface area contributed by atoms with E-state index in [4.69, 9.17) is 9.31 Å². The number of hydrogen-bond donors (Lipinski definition) is 0. The van der Waals surface area contributed by atoms with Gasteiger partial charge in [0.05, 0.1) is 20.9 Å². The molecule has 1 aliphatic heterocycles. The molecule has 1 unspecified atom stereocenters. The second-order valence-electron chi connectivity index (χ2n) is 7.51. The van der Waals surface area contributed by atoms with Crippen molar-refractivity contribution in [2.75, 3.05) is 6.26 Å². The first-order valence-electron chi connectivity index (χ1n) is 8.44. The zero-order valence-electron chi connectivity index (χ0n) is 15.7. The Labute approximate surface area is 155 Å². The summed E-state index contributed by atoms with van der Waals surface area (Å²) in [7, 11) is -3.38. The van der Waals surface area contributed by atoms with Crippen molar-refractivity contribution in [2.45, 2.75) is 43.8 Å².